The number of nitrogens with zero attached hydrogens (tertiary/aromatic N) is 3. The van der Waals surface area contributed by atoms with Crippen molar-refractivity contribution >= 4 is 72.4 Å². The summed E-state index contributed by atoms with van der Waals surface area (Å²) in [4.78, 5) is 36.1. The van der Waals surface area contributed by atoms with E-state index in [0.29, 0.717) is 16.8 Å². The Morgan fingerprint density at radius 2 is 1.30 bits per heavy atom. The van der Waals surface area contributed by atoms with E-state index in [1.54, 1.807) is 41.7 Å². The number of anilines is 1. The topological polar surface area (TPSA) is 63.2 Å². The van der Waals surface area contributed by atoms with Crippen LogP contribution < -0.4 is 4.90 Å². The number of carbonyl (C=O) groups is 2. The number of carbonyl (C=O) groups excluding carboxylic acids is 2. The lowest BCUT2D eigenvalue weighted by Gasteiger charge is -2.13. The summed E-state index contributed by atoms with van der Waals surface area (Å²) in [5, 5.41) is 0. The van der Waals surface area contributed by atoms with Crippen molar-refractivity contribution in [3.63, 3.8) is 0 Å². The predicted octanol–water partition coefficient (Wildman–Crippen LogP) is 5.86. The highest BCUT2D eigenvalue weighted by Gasteiger charge is 2.36. The fourth-order valence-electron chi connectivity index (χ4n) is 3.47. The molecule has 5 aromatic rings. The molecule has 0 bridgehead atoms. The molecule has 0 fully saturated rings. The number of para-hydroxylation sites is 1. The highest BCUT2D eigenvalue weighted by atomic mass is 32.2. The second-order valence-electron chi connectivity index (χ2n) is 6.67. The van der Waals surface area contributed by atoms with Crippen LogP contribution in [0.2, 0.25) is 0 Å². The van der Waals surface area contributed by atoms with Gasteiger partial charge in [-0.1, -0.05) is 24.3 Å². The van der Waals surface area contributed by atoms with Gasteiger partial charge in [0.1, 0.15) is 0 Å². The van der Waals surface area contributed by atoms with E-state index in [0.717, 1.165) is 29.1 Å². The van der Waals surface area contributed by atoms with E-state index < -0.39 is 0 Å². The lowest BCUT2D eigenvalue weighted by Crippen LogP contribution is -2.29. The zero-order chi connectivity index (χ0) is 20.2. The van der Waals surface area contributed by atoms with Gasteiger partial charge in [0, 0.05) is 0 Å². The standard InChI is InChI=1S/C22H11N3O2S3/c26-19-13-5-1-2-6-14(13)20(27)25(19)12-9-10-16-18(11-12)29-22(24-16)30-21-23-15-7-3-4-8-17(15)28-21/h1-11H. The van der Waals surface area contributed by atoms with Gasteiger partial charge in [0.15, 0.2) is 8.68 Å². The molecule has 0 unspecified atom stereocenters. The Balaban J connectivity index is 1.34. The van der Waals surface area contributed by atoms with Gasteiger partial charge in [-0.25, -0.2) is 14.9 Å². The minimum Gasteiger partial charge on any atom is -0.268 e. The SMILES string of the molecule is O=C1c2ccccc2C(=O)N1c1ccc2nc(Sc3nc4ccccc4s3)sc2c1. The number of thiazole rings is 2. The van der Waals surface area contributed by atoms with Crippen LogP contribution in [0.4, 0.5) is 5.69 Å². The first kappa shape index (κ1) is 17.8. The summed E-state index contributed by atoms with van der Waals surface area (Å²) >= 11 is 4.71. The third-order valence-corrected chi connectivity index (χ3v) is 8.03. The van der Waals surface area contributed by atoms with Crippen molar-refractivity contribution in [2.75, 3.05) is 4.90 Å². The molecular formula is C22H11N3O2S3. The van der Waals surface area contributed by atoms with Crippen LogP contribution >= 0.6 is 34.4 Å². The van der Waals surface area contributed by atoms with Crippen LogP contribution in [0.5, 0.6) is 0 Å². The smallest absolute Gasteiger partial charge is 0.266 e. The van der Waals surface area contributed by atoms with Crippen LogP contribution in [0.3, 0.4) is 0 Å². The number of benzene rings is 3. The molecule has 30 heavy (non-hydrogen) atoms. The summed E-state index contributed by atoms with van der Waals surface area (Å²) in [6.45, 7) is 0. The van der Waals surface area contributed by atoms with E-state index in [2.05, 4.69) is 16.0 Å². The van der Waals surface area contributed by atoms with E-state index in [1.807, 2.05) is 30.3 Å². The Labute approximate surface area is 183 Å². The molecule has 6 rings (SSSR count). The summed E-state index contributed by atoms with van der Waals surface area (Å²) in [5.74, 6) is -0.577. The highest BCUT2D eigenvalue weighted by molar-refractivity contribution is 8.02. The summed E-state index contributed by atoms with van der Waals surface area (Å²) in [6.07, 6.45) is 0. The number of imide groups is 1. The zero-order valence-corrected chi connectivity index (χ0v) is 17.7. The number of fused-ring (bicyclic) bond motifs is 3. The van der Waals surface area contributed by atoms with E-state index in [1.165, 1.54) is 28.0 Å². The molecule has 1 aliphatic rings. The number of amides is 2. The minimum absolute atomic E-state index is 0.288. The van der Waals surface area contributed by atoms with Crippen LogP contribution in [0.1, 0.15) is 20.7 Å². The first-order valence-corrected chi connectivity index (χ1v) is 11.5. The first-order valence-electron chi connectivity index (χ1n) is 9.09. The van der Waals surface area contributed by atoms with Gasteiger partial charge in [0.05, 0.1) is 37.2 Å². The second kappa shape index (κ2) is 6.73. The van der Waals surface area contributed by atoms with E-state index in [4.69, 9.17) is 0 Å². The molecule has 0 saturated heterocycles. The molecule has 2 aromatic heterocycles. The molecule has 8 heteroatoms. The van der Waals surface area contributed by atoms with Crippen molar-refractivity contribution in [3.8, 4) is 0 Å². The second-order valence-corrected chi connectivity index (χ2v) is 10.2. The Kier molecular flexibility index (Phi) is 3.98. The van der Waals surface area contributed by atoms with Crippen LogP contribution in [0, 0.1) is 0 Å². The summed E-state index contributed by atoms with van der Waals surface area (Å²) in [7, 11) is 0. The largest absolute Gasteiger partial charge is 0.268 e. The molecule has 1 aliphatic heterocycles. The van der Waals surface area contributed by atoms with Crippen LogP contribution in [0.15, 0.2) is 75.4 Å². The molecule has 0 radical (unpaired) electrons. The summed E-state index contributed by atoms with van der Waals surface area (Å²) in [6, 6.07) is 20.5. The fourth-order valence-corrected chi connectivity index (χ4v) is 6.84. The predicted molar refractivity (Wildman–Crippen MR) is 121 cm³/mol. The van der Waals surface area contributed by atoms with E-state index in [-0.39, 0.29) is 11.8 Å². The van der Waals surface area contributed by atoms with Gasteiger partial charge in [-0.05, 0) is 54.2 Å². The molecule has 144 valence electrons. The number of hydrogen-bond donors (Lipinski definition) is 0. The molecule has 2 amide bonds. The normalized spacial score (nSPS) is 13.5. The van der Waals surface area contributed by atoms with Gasteiger partial charge in [-0.3, -0.25) is 9.59 Å². The Morgan fingerprint density at radius 1 is 0.700 bits per heavy atom. The lowest BCUT2D eigenvalue weighted by molar-refractivity contribution is 0.0926. The maximum atomic E-state index is 12.8. The summed E-state index contributed by atoms with van der Waals surface area (Å²) in [5.41, 5.74) is 3.27. The van der Waals surface area contributed by atoms with Crippen molar-refractivity contribution in [3.05, 3.63) is 77.9 Å². The maximum absolute atomic E-state index is 12.8. The Hall–Kier alpha value is -3.07. The van der Waals surface area contributed by atoms with Gasteiger partial charge < -0.3 is 0 Å². The van der Waals surface area contributed by atoms with Crippen molar-refractivity contribution < 1.29 is 9.59 Å². The molecule has 0 spiro atoms. The zero-order valence-electron chi connectivity index (χ0n) is 15.2. The quantitative estimate of drug-likeness (QED) is 0.326. The molecule has 0 saturated carbocycles. The van der Waals surface area contributed by atoms with Gasteiger partial charge in [-0.15, -0.1) is 22.7 Å². The third-order valence-electron chi connectivity index (χ3n) is 4.85. The minimum atomic E-state index is -0.288. The number of hydrogen-bond acceptors (Lipinski definition) is 7. The van der Waals surface area contributed by atoms with Gasteiger partial charge >= 0.3 is 0 Å². The molecule has 0 aliphatic carbocycles. The van der Waals surface area contributed by atoms with Gasteiger partial charge in [0.2, 0.25) is 0 Å². The van der Waals surface area contributed by atoms with Gasteiger partial charge in [0.25, 0.3) is 11.8 Å². The first-order chi connectivity index (χ1) is 14.7. The molecule has 3 aromatic carbocycles. The molecule has 0 N–H and O–H groups in total. The van der Waals surface area contributed by atoms with Crippen LogP contribution in [-0.2, 0) is 0 Å². The number of aromatic nitrogens is 2. The van der Waals surface area contributed by atoms with Crippen molar-refractivity contribution in [2.45, 2.75) is 8.68 Å². The van der Waals surface area contributed by atoms with Gasteiger partial charge in [-0.2, -0.15) is 0 Å². The molecular weight excluding hydrogens is 434 g/mol. The Bertz CT molecular complexity index is 1420. The van der Waals surface area contributed by atoms with Crippen LogP contribution in [-0.4, -0.2) is 21.8 Å². The molecule has 0 atom stereocenters. The molecule has 5 nitrogen and oxygen atoms in total. The Morgan fingerprint density at radius 3 is 2.00 bits per heavy atom. The highest BCUT2D eigenvalue weighted by Crippen LogP contribution is 2.39. The fraction of sp³-hybridized carbons (Fsp3) is 0. The summed E-state index contributed by atoms with van der Waals surface area (Å²) < 4.78 is 3.89. The molecule has 3 heterocycles. The lowest BCUT2D eigenvalue weighted by atomic mass is 10.1. The monoisotopic (exact) mass is 445 g/mol. The van der Waals surface area contributed by atoms with Crippen molar-refractivity contribution in [1.29, 1.82) is 0 Å². The average Bonchev–Trinajstić information content (AvgIpc) is 3.42. The van der Waals surface area contributed by atoms with Crippen molar-refractivity contribution in [2.24, 2.45) is 0 Å². The average molecular weight is 446 g/mol. The third kappa shape index (κ3) is 2.76. The number of rotatable bonds is 3. The van der Waals surface area contributed by atoms with E-state index >= 15 is 0 Å². The van der Waals surface area contributed by atoms with Crippen molar-refractivity contribution in [1.82, 2.24) is 9.97 Å². The van der Waals surface area contributed by atoms with Crippen LogP contribution in [0.25, 0.3) is 20.4 Å². The maximum Gasteiger partial charge on any atom is 0.266 e. The van der Waals surface area contributed by atoms with E-state index in [9.17, 15) is 9.59 Å².